The minimum absolute atomic E-state index is 0.0364. The van der Waals surface area contributed by atoms with E-state index in [-0.39, 0.29) is 25.7 Å². The molecule has 0 aliphatic heterocycles. The van der Waals surface area contributed by atoms with Crippen LogP contribution in [0.2, 0.25) is 15.1 Å². The van der Waals surface area contributed by atoms with Gasteiger partial charge >= 0.3 is 0 Å². The van der Waals surface area contributed by atoms with E-state index >= 15 is 0 Å². The lowest BCUT2D eigenvalue weighted by molar-refractivity contribution is -0.112. The summed E-state index contributed by atoms with van der Waals surface area (Å²) in [5.74, 6) is 0. The lowest BCUT2D eigenvalue weighted by atomic mass is 10.3. The van der Waals surface area contributed by atoms with Gasteiger partial charge in [-0.15, -0.1) is 0 Å². The maximum atomic E-state index is 13.1. The SMILES string of the molecule is CC(C(=O)Cl)N(c1ccccc1Cl)S(=O)(=O)c1cc(Cl)ccc1Cl. The van der Waals surface area contributed by atoms with E-state index in [4.69, 9.17) is 46.4 Å². The molecule has 0 radical (unpaired) electrons. The number of hydrogen-bond acceptors (Lipinski definition) is 3. The van der Waals surface area contributed by atoms with Crippen LogP contribution in [0.3, 0.4) is 0 Å². The van der Waals surface area contributed by atoms with Gasteiger partial charge in [-0.3, -0.25) is 9.10 Å². The molecular weight excluding hydrogens is 416 g/mol. The first-order valence-corrected chi connectivity index (χ1v) is 9.55. The standard InChI is InChI=1S/C15H11Cl4NO3S/c1-9(15(19)21)20(13-5-3-2-4-11(13)17)24(22,23)14-8-10(16)6-7-12(14)18/h2-9H,1H3. The van der Waals surface area contributed by atoms with Crippen molar-refractivity contribution in [3.63, 3.8) is 0 Å². The molecule has 4 nitrogen and oxygen atoms in total. The Hall–Kier alpha value is -0.980. The average molecular weight is 427 g/mol. The highest BCUT2D eigenvalue weighted by Gasteiger charge is 2.35. The van der Waals surface area contributed by atoms with Crippen LogP contribution in [-0.2, 0) is 14.8 Å². The molecule has 0 bridgehead atoms. The van der Waals surface area contributed by atoms with Crippen molar-refractivity contribution in [3.8, 4) is 0 Å². The van der Waals surface area contributed by atoms with E-state index in [0.29, 0.717) is 0 Å². The Labute approximate surface area is 159 Å². The van der Waals surface area contributed by atoms with Crippen molar-refractivity contribution >= 4 is 67.4 Å². The number of hydrogen-bond donors (Lipinski definition) is 0. The fourth-order valence-corrected chi connectivity index (χ4v) is 4.86. The zero-order valence-corrected chi connectivity index (χ0v) is 16.1. The molecule has 0 spiro atoms. The summed E-state index contributed by atoms with van der Waals surface area (Å²) < 4.78 is 27.1. The third-order valence-corrected chi connectivity index (χ3v) is 6.44. The molecule has 0 saturated heterocycles. The Kier molecular flexibility index (Phi) is 6.04. The number of sulfonamides is 1. The number of halogens is 4. The quantitative estimate of drug-likeness (QED) is 0.632. The summed E-state index contributed by atoms with van der Waals surface area (Å²) in [5.41, 5.74) is 0.108. The Morgan fingerprint density at radius 3 is 2.25 bits per heavy atom. The first-order chi connectivity index (χ1) is 11.2. The van der Waals surface area contributed by atoms with Crippen LogP contribution in [-0.4, -0.2) is 19.7 Å². The van der Waals surface area contributed by atoms with Gasteiger partial charge in [-0.05, 0) is 48.9 Å². The molecule has 0 aliphatic rings. The van der Waals surface area contributed by atoms with Gasteiger partial charge in [0.1, 0.15) is 10.9 Å². The molecule has 0 heterocycles. The third kappa shape index (κ3) is 3.81. The largest absolute Gasteiger partial charge is 0.279 e. The summed E-state index contributed by atoms with van der Waals surface area (Å²) in [7, 11) is -4.25. The fraction of sp³-hybridized carbons (Fsp3) is 0.133. The highest BCUT2D eigenvalue weighted by Crippen LogP contribution is 2.35. The Balaban J connectivity index is 2.73. The molecule has 0 aliphatic carbocycles. The first-order valence-electron chi connectivity index (χ1n) is 6.59. The minimum Gasteiger partial charge on any atom is -0.279 e. The predicted octanol–water partition coefficient (Wildman–Crippen LogP) is 5.00. The smallest absolute Gasteiger partial charge is 0.266 e. The maximum absolute atomic E-state index is 13.1. The van der Waals surface area contributed by atoms with Gasteiger partial charge in [0.2, 0.25) is 5.24 Å². The Bertz CT molecular complexity index is 886. The van der Waals surface area contributed by atoms with Gasteiger partial charge in [0.15, 0.2) is 0 Å². The number of carbonyl (C=O) groups excluding carboxylic acids is 1. The molecule has 0 aromatic heterocycles. The highest BCUT2D eigenvalue weighted by molar-refractivity contribution is 7.93. The molecule has 24 heavy (non-hydrogen) atoms. The summed E-state index contributed by atoms with van der Waals surface area (Å²) in [6.07, 6.45) is 0. The van der Waals surface area contributed by atoms with Crippen LogP contribution in [0, 0.1) is 0 Å². The summed E-state index contributed by atoms with van der Waals surface area (Å²) >= 11 is 23.6. The van der Waals surface area contributed by atoms with E-state index in [2.05, 4.69) is 0 Å². The molecule has 2 aromatic rings. The summed E-state index contributed by atoms with van der Waals surface area (Å²) in [6.45, 7) is 1.36. The number of rotatable bonds is 5. The topological polar surface area (TPSA) is 54.5 Å². The summed E-state index contributed by atoms with van der Waals surface area (Å²) in [5, 5.41) is -0.576. The molecule has 128 valence electrons. The second-order valence-corrected chi connectivity index (χ2v) is 8.21. The first kappa shape index (κ1) is 19.3. The lowest BCUT2D eigenvalue weighted by Crippen LogP contribution is -2.42. The maximum Gasteiger partial charge on any atom is 0.266 e. The lowest BCUT2D eigenvalue weighted by Gasteiger charge is -2.29. The van der Waals surface area contributed by atoms with Gasteiger partial charge in [0.25, 0.3) is 10.0 Å². The van der Waals surface area contributed by atoms with Gasteiger partial charge in [0, 0.05) is 5.02 Å². The molecule has 0 amide bonds. The molecule has 0 fully saturated rings. The number of para-hydroxylation sites is 1. The van der Waals surface area contributed by atoms with E-state index in [1.807, 2.05) is 0 Å². The predicted molar refractivity (Wildman–Crippen MR) is 97.9 cm³/mol. The number of benzene rings is 2. The van der Waals surface area contributed by atoms with Crippen LogP contribution in [0.1, 0.15) is 6.92 Å². The fourth-order valence-electron chi connectivity index (χ4n) is 2.05. The van der Waals surface area contributed by atoms with Crippen molar-refractivity contribution in [2.45, 2.75) is 17.9 Å². The molecule has 9 heteroatoms. The van der Waals surface area contributed by atoms with Gasteiger partial charge in [-0.2, -0.15) is 0 Å². The van der Waals surface area contributed by atoms with Crippen molar-refractivity contribution in [2.75, 3.05) is 4.31 Å². The molecule has 1 atom stereocenters. The van der Waals surface area contributed by atoms with Crippen molar-refractivity contribution in [2.24, 2.45) is 0 Å². The van der Waals surface area contributed by atoms with Gasteiger partial charge in [-0.1, -0.05) is 46.9 Å². The molecule has 0 saturated carbocycles. The zero-order valence-electron chi connectivity index (χ0n) is 12.2. The zero-order chi connectivity index (χ0) is 18.1. The normalized spacial score (nSPS) is 12.7. The molecular formula is C15H11Cl4NO3S. The van der Waals surface area contributed by atoms with E-state index in [1.54, 1.807) is 12.1 Å². The minimum atomic E-state index is -4.25. The Morgan fingerprint density at radius 1 is 1.04 bits per heavy atom. The van der Waals surface area contributed by atoms with Crippen LogP contribution < -0.4 is 4.31 Å². The van der Waals surface area contributed by atoms with Crippen LogP contribution >= 0.6 is 46.4 Å². The molecule has 1 unspecified atom stereocenters. The van der Waals surface area contributed by atoms with Crippen LogP contribution in [0.4, 0.5) is 5.69 Å². The molecule has 2 rings (SSSR count). The monoisotopic (exact) mass is 425 g/mol. The van der Waals surface area contributed by atoms with E-state index in [1.165, 1.54) is 37.3 Å². The number of nitrogens with zero attached hydrogens (tertiary/aromatic N) is 1. The second-order valence-electron chi connectivity index (χ2n) is 4.81. The third-order valence-electron chi connectivity index (χ3n) is 3.20. The van der Waals surface area contributed by atoms with Crippen LogP contribution in [0.15, 0.2) is 47.4 Å². The average Bonchev–Trinajstić information content (AvgIpc) is 2.51. The summed E-state index contributed by atoms with van der Waals surface area (Å²) in [4.78, 5) is 11.4. The van der Waals surface area contributed by atoms with Crippen molar-refractivity contribution in [3.05, 3.63) is 57.5 Å². The second kappa shape index (κ2) is 7.50. The number of anilines is 1. The molecule has 2 aromatic carbocycles. The van der Waals surface area contributed by atoms with Gasteiger partial charge < -0.3 is 0 Å². The van der Waals surface area contributed by atoms with E-state index in [9.17, 15) is 13.2 Å². The summed E-state index contributed by atoms with van der Waals surface area (Å²) in [6, 6.07) is 9.01. The number of carbonyl (C=O) groups is 1. The van der Waals surface area contributed by atoms with Crippen molar-refractivity contribution in [1.29, 1.82) is 0 Å². The van der Waals surface area contributed by atoms with E-state index in [0.717, 1.165) is 4.31 Å². The highest BCUT2D eigenvalue weighted by atomic mass is 35.5. The van der Waals surface area contributed by atoms with Crippen LogP contribution in [0.25, 0.3) is 0 Å². The van der Waals surface area contributed by atoms with Crippen molar-refractivity contribution < 1.29 is 13.2 Å². The molecule has 0 N–H and O–H groups in total. The van der Waals surface area contributed by atoms with Crippen molar-refractivity contribution in [1.82, 2.24) is 0 Å². The van der Waals surface area contributed by atoms with Crippen LogP contribution in [0.5, 0.6) is 0 Å². The van der Waals surface area contributed by atoms with Gasteiger partial charge in [0.05, 0.1) is 15.7 Å². The van der Waals surface area contributed by atoms with Gasteiger partial charge in [-0.25, -0.2) is 8.42 Å². The Morgan fingerprint density at radius 2 is 1.67 bits per heavy atom. The van der Waals surface area contributed by atoms with E-state index < -0.39 is 21.3 Å².